The Morgan fingerprint density at radius 2 is 1.12 bits per heavy atom. The van der Waals surface area contributed by atoms with Gasteiger partial charge in [-0.15, -0.1) is 0 Å². The fourth-order valence-electron chi connectivity index (χ4n) is 3.35. The highest BCUT2D eigenvalue weighted by atomic mass is 16.5. The first-order chi connectivity index (χ1) is 7.97. The highest BCUT2D eigenvalue weighted by Gasteiger charge is 2.23. The molecular formula is C15H28O. The molecule has 16 heavy (non-hydrogen) atoms. The van der Waals surface area contributed by atoms with Crippen LogP contribution in [0.5, 0.6) is 0 Å². The van der Waals surface area contributed by atoms with Crippen molar-refractivity contribution in [3.05, 3.63) is 0 Å². The van der Waals surface area contributed by atoms with E-state index >= 15 is 0 Å². The fraction of sp³-hybridized carbons (Fsp3) is 1.00. The molecule has 0 aromatic rings. The van der Waals surface area contributed by atoms with Crippen molar-refractivity contribution in [2.24, 2.45) is 5.92 Å². The van der Waals surface area contributed by atoms with Gasteiger partial charge in [-0.25, -0.2) is 0 Å². The summed E-state index contributed by atoms with van der Waals surface area (Å²) in [4.78, 5) is 0. The van der Waals surface area contributed by atoms with Crippen molar-refractivity contribution in [1.29, 1.82) is 0 Å². The molecule has 2 aliphatic rings. The molecule has 1 saturated carbocycles. The smallest absolute Gasteiger partial charge is 0.0603 e. The summed E-state index contributed by atoms with van der Waals surface area (Å²) in [5.74, 6) is 0.887. The summed E-state index contributed by atoms with van der Waals surface area (Å²) >= 11 is 0. The summed E-state index contributed by atoms with van der Waals surface area (Å²) < 4.78 is 6.12. The number of hydrogen-bond donors (Lipinski definition) is 0. The van der Waals surface area contributed by atoms with Crippen LogP contribution in [0.3, 0.4) is 0 Å². The van der Waals surface area contributed by atoms with E-state index < -0.39 is 0 Å². The summed E-state index contributed by atoms with van der Waals surface area (Å²) in [6, 6.07) is 0. The van der Waals surface area contributed by atoms with Crippen molar-refractivity contribution in [1.82, 2.24) is 0 Å². The molecule has 1 heteroatoms. The molecule has 1 saturated heterocycles. The van der Waals surface area contributed by atoms with Gasteiger partial charge in [0.2, 0.25) is 0 Å². The summed E-state index contributed by atoms with van der Waals surface area (Å²) in [5.41, 5.74) is 0. The molecule has 1 atom stereocenters. The standard InChI is InChI=1S/C15H28O/c1-2-6-10-14(11-7-3-1)15-12-8-4-5-9-13-16-15/h14-15H,1-13H2. The third kappa shape index (κ3) is 4.08. The molecule has 1 unspecified atom stereocenters. The fourth-order valence-corrected chi connectivity index (χ4v) is 3.35. The summed E-state index contributed by atoms with van der Waals surface area (Å²) in [5, 5.41) is 0. The molecule has 0 aromatic carbocycles. The average molecular weight is 224 g/mol. The Bertz CT molecular complexity index is 142. The Hall–Kier alpha value is -0.0400. The average Bonchev–Trinajstić information content (AvgIpc) is 2.18. The zero-order valence-electron chi connectivity index (χ0n) is 10.8. The normalized spacial score (nSPS) is 31.1. The van der Waals surface area contributed by atoms with Gasteiger partial charge < -0.3 is 4.74 Å². The maximum atomic E-state index is 6.12. The van der Waals surface area contributed by atoms with Crippen LogP contribution in [0.25, 0.3) is 0 Å². The number of hydrogen-bond acceptors (Lipinski definition) is 1. The van der Waals surface area contributed by atoms with E-state index in [2.05, 4.69) is 0 Å². The first kappa shape index (κ1) is 12.4. The Kier molecular flexibility index (Phi) is 5.68. The molecule has 0 aromatic heterocycles. The van der Waals surface area contributed by atoms with Crippen molar-refractivity contribution in [3.63, 3.8) is 0 Å². The Morgan fingerprint density at radius 1 is 0.562 bits per heavy atom. The molecule has 0 bridgehead atoms. The second-order valence-corrected chi connectivity index (χ2v) is 5.72. The molecule has 2 rings (SSSR count). The van der Waals surface area contributed by atoms with Gasteiger partial charge in [-0.05, 0) is 31.6 Å². The molecule has 1 aliphatic carbocycles. The molecule has 2 fully saturated rings. The van der Waals surface area contributed by atoms with Gasteiger partial charge in [0.25, 0.3) is 0 Å². The van der Waals surface area contributed by atoms with E-state index in [1.165, 1.54) is 77.0 Å². The molecule has 1 heterocycles. The van der Waals surface area contributed by atoms with Gasteiger partial charge in [0.15, 0.2) is 0 Å². The van der Waals surface area contributed by atoms with E-state index in [1.807, 2.05) is 0 Å². The van der Waals surface area contributed by atoms with Crippen LogP contribution in [0, 0.1) is 5.92 Å². The van der Waals surface area contributed by atoms with Crippen molar-refractivity contribution in [2.45, 2.75) is 83.2 Å². The van der Waals surface area contributed by atoms with Crippen molar-refractivity contribution in [2.75, 3.05) is 6.61 Å². The molecule has 94 valence electrons. The number of ether oxygens (including phenoxy) is 1. The predicted molar refractivity (Wildman–Crippen MR) is 68.6 cm³/mol. The van der Waals surface area contributed by atoms with E-state index in [0.717, 1.165) is 12.5 Å². The molecule has 1 aliphatic heterocycles. The minimum absolute atomic E-state index is 0.610. The van der Waals surface area contributed by atoms with Crippen LogP contribution < -0.4 is 0 Å². The van der Waals surface area contributed by atoms with Crippen LogP contribution in [-0.2, 0) is 4.74 Å². The second kappa shape index (κ2) is 7.32. The minimum Gasteiger partial charge on any atom is -0.378 e. The maximum absolute atomic E-state index is 6.12. The summed E-state index contributed by atoms with van der Waals surface area (Å²) in [6.45, 7) is 1.03. The van der Waals surface area contributed by atoms with Crippen molar-refractivity contribution in [3.8, 4) is 0 Å². The predicted octanol–water partition coefficient (Wildman–Crippen LogP) is 4.70. The molecule has 0 radical (unpaired) electrons. The van der Waals surface area contributed by atoms with E-state index in [1.54, 1.807) is 0 Å². The van der Waals surface area contributed by atoms with Gasteiger partial charge >= 0.3 is 0 Å². The largest absolute Gasteiger partial charge is 0.378 e. The monoisotopic (exact) mass is 224 g/mol. The first-order valence-electron chi connectivity index (χ1n) is 7.58. The van der Waals surface area contributed by atoms with Crippen LogP contribution in [0.1, 0.15) is 77.0 Å². The lowest BCUT2D eigenvalue weighted by molar-refractivity contribution is -0.0106. The zero-order chi connectivity index (χ0) is 11.1. The van der Waals surface area contributed by atoms with Crippen LogP contribution in [-0.4, -0.2) is 12.7 Å². The Labute approximate surface area is 101 Å². The Balaban J connectivity index is 1.81. The molecule has 1 nitrogen and oxygen atoms in total. The molecule has 0 N–H and O–H groups in total. The number of rotatable bonds is 1. The third-order valence-electron chi connectivity index (χ3n) is 4.39. The first-order valence-corrected chi connectivity index (χ1v) is 7.58. The van der Waals surface area contributed by atoms with Gasteiger partial charge in [-0.1, -0.05) is 51.4 Å². The van der Waals surface area contributed by atoms with Gasteiger partial charge in [-0.3, -0.25) is 0 Å². The quantitative estimate of drug-likeness (QED) is 0.627. The van der Waals surface area contributed by atoms with E-state index in [-0.39, 0.29) is 0 Å². The van der Waals surface area contributed by atoms with Gasteiger partial charge in [0.1, 0.15) is 0 Å². The third-order valence-corrected chi connectivity index (χ3v) is 4.39. The second-order valence-electron chi connectivity index (χ2n) is 5.72. The van der Waals surface area contributed by atoms with Crippen LogP contribution >= 0.6 is 0 Å². The van der Waals surface area contributed by atoms with Crippen molar-refractivity contribution < 1.29 is 4.74 Å². The van der Waals surface area contributed by atoms with E-state index in [0.29, 0.717) is 6.10 Å². The zero-order valence-corrected chi connectivity index (χ0v) is 10.8. The highest BCUT2D eigenvalue weighted by Crippen LogP contribution is 2.30. The Morgan fingerprint density at radius 3 is 1.88 bits per heavy atom. The maximum Gasteiger partial charge on any atom is 0.0603 e. The lowest BCUT2D eigenvalue weighted by atomic mass is 9.85. The van der Waals surface area contributed by atoms with Gasteiger partial charge in [0.05, 0.1) is 6.10 Å². The van der Waals surface area contributed by atoms with Crippen LogP contribution in [0.4, 0.5) is 0 Å². The summed E-state index contributed by atoms with van der Waals surface area (Å²) in [7, 11) is 0. The lowest BCUT2D eigenvalue weighted by Gasteiger charge is -2.30. The molecule has 0 spiro atoms. The van der Waals surface area contributed by atoms with Crippen LogP contribution in [0.2, 0.25) is 0 Å². The minimum atomic E-state index is 0.610. The summed E-state index contributed by atoms with van der Waals surface area (Å²) in [6.07, 6.45) is 17.6. The SMILES string of the molecule is C1CCCC(C2CCCCCCO2)CCC1. The molecular weight excluding hydrogens is 196 g/mol. The van der Waals surface area contributed by atoms with Gasteiger partial charge in [0, 0.05) is 6.61 Å². The van der Waals surface area contributed by atoms with Gasteiger partial charge in [-0.2, -0.15) is 0 Å². The molecule has 0 amide bonds. The van der Waals surface area contributed by atoms with Crippen LogP contribution in [0.15, 0.2) is 0 Å². The van der Waals surface area contributed by atoms with Crippen molar-refractivity contribution >= 4 is 0 Å². The lowest BCUT2D eigenvalue weighted by Crippen LogP contribution is -2.26. The topological polar surface area (TPSA) is 9.23 Å². The highest BCUT2D eigenvalue weighted by molar-refractivity contribution is 4.74. The van der Waals surface area contributed by atoms with E-state index in [9.17, 15) is 0 Å². The van der Waals surface area contributed by atoms with E-state index in [4.69, 9.17) is 4.74 Å².